The van der Waals surface area contributed by atoms with Gasteiger partial charge in [0, 0.05) is 12.6 Å². The van der Waals surface area contributed by atoms with Crippen LogP contribution in [0.4, 0.5) is 4.39 Å². The van der Waals surface area contributed by atoms with Gasteiger partial charge in [-0.2, -0.15) is 0 Å². The second-order valence-electron chi connectivity index (χ2n) is 6.56. The van der Waals surface area contributed by atoms with Crippen molar-refractivity contribution in [2.45, 2.75) is 44.5 Å². The molecule has 0 saturated heterocycles. The van der Waals surface area contributed by atoms with E-state index in [2.05, 4.69) is 25.5 Å². The van der Waals surface area contributed by atoms with Crippen molar-refractivity contribution in [1.29, 1.82) is 0 Å². The largest absolute Gasteiger partial charge is 0.326 e. The average molecular weight is 372 g/mol. The van der Waals surface area contributed by atoms with Gasteiger partial charge in [0.05, 0.1) is 20.9 Å². The Morgan fingerprint density at radius 1 is 1.48 bits per heavy atom. The molecule has 0 aliphatic heterocycles. The van der Waals surface area contributed by atoms with Crippen molar-refractivity contribution >= 4 is 38.6 Å². The van der Waals surface area contributed by atoms with Gasteiger partial charge in [-0.05, 0) is 65.9 Å². The molecule has 0 bridgehead atoms. The van der Waals surface area contributed by atoms with E-state index in [1.54, 1.807) is 0 Å². The lowest BCUT2D eigenvalue weighted by molar-refractivity contribution is 0.369. The Morgan fingerprint density at radius 3 is 2.76 bits per heavy atom. The second kappa shape index (κ2) is 4.69. The molecule has 1 aromatic carbocycles. The molecule has 2 fully saturated rings. The molecule has 0 radical (unpaired) electrons. The van der Waals surface area contributed by atoms with Crippen LogP contribution < -0.4 is 0 Å². The molecule has 2 aliphatic rings. The molecular formula is C16H17BrClFN2. The molecular weight excluding hydrogens is 355 g/mol. The number of aromatic nitrogens is 2. The Balaban J connectivity index is 1.84. The van der Waals surface area contributed by atoms with Gasteiger partial charge in [0.1, 0.15) is 11.6 Å². The minimum atomic E-state index is -0.274. The number of benzene rings is 1. The molecule has 2 saturated carbocycles. The predicted octanol–water partition coefficient (Wildman–Crippen LogP) is 5.43. The quantitative estimate of drug-likeness (QED) is 0.655. The average Bonchev–Trinajstić information content (AvgIpc) is 3.31. The maximum absolute atomic E-state index is 13.8. The number of fused-ring (bicyclic) bond motifs is 1. The minimum Gasteiger partial charge on any atom is -0.326 e. The van der Waals surface area contributed by atoms with Gasteiger partial charge in [0.25, 0.3) is 0 Å². The molecule has 5 heteroatoms. The normalized spacial score (nSPS) is 21.7. The van der Waals surface area contributed by atoms with Gasteiger partial charge in [-0.1, -0.05) is 0 Å². The van der Waals surface area contributed by atoms with Gasteiger partial charge in [0.15, 0.2) is 0 Å². The summed E-state index contributed by atoms with van der Waals surface area (Å²) in [4.78, 5) is 4.58. The van der Waals surface area contributed by atoms with Crippen LogP contribution in [0.5, 0.6) is 0 Å². The highest BCUT2D eigenvalue weighted by Crippen LogP contribution is 2.62. The molecule has 4 rings (SSSR count). The fraction of sp³-hybridized carbons (Fsp3) is 0.562. The lowest BCUT2D eigenvalue weighted by atomic mass is 10.0. The summed E-state index contributed by atoms with van der Waals surface area (Å²) < 4.78 is 16.5. The van der Waals surface area contributed by atoms with E-state index >= 15 is 0 Å². The molecule has 0 N–H and O–H groups in total. The summed E-state index contributed by atoms with van der Waals surface area (Å²) in [5.41, 5.74) is 2.14. The van der Waals surface area contributed by atoms with Crippen LogP contribution >= 0.6 is 27.5 Å². The molecule has 2 nitrogen and oxygen atoms in total. The van der Waals surface area contributed by atoms with Gasteiger partial charge in [-0.3, -0.25) is 0 Å². The summed E-state index contributed by atoms with van der Waals surface area (Å²) in [6, 6.07) is 3.33. The highest BCUT2D eigenvalue weighted by molar-refractivity contribution is 9.10. The summed E-state index contributed by atoms with van der Waals surface area (Å²) >= 11 is 9.60. The molecule has 112 valence electrons. The predicted molar refractivity (Wildman–Crippen MR) is 86.1 cm³/mol. The highest BCUT2D eigenvalue weighted by atomic mass is 79.9. The van der Waals surface area contributed by atoms with Crippen molar-refractivity contribution in [1.82, 2.24) is 9.55 Å². The number of hydrogen-bond acceptors (Lipinski definition) is 1. The van der Waals surface area contributed by atoms with E-state index in [1.807, 2.05) is 13.0 Å². The molecule has 0 amide bonds. The molecule has 2 aromatic rings. The lowest BCUT2D eigenvalue weighted by Gasteiger charge is -2.18. The Morgan fingerprint density at radius 2 is 2.19 bits per heavy atom. The van der Waals surface area contributed by atoms with Gasteiger partial charge in [-0.25, -0.2) is 9.37 Å². The number of alkyl halides is 1. The number of imidazole rings is 1. The van der Waals surface area contributed by atoms with Gasteiger partial charge in [-0.15, -0.1) is 11.6 Å². The number of nitrogens with zero attached hydrogens (tertiary/aromatic N) is 2. The van der Waals surface area contributed by atoms with E-state index in [9.17, 15) is 4.39 Å². The van der Waals surface area contributed by atoms with Crippen molar-refractivity contribution in [2.75, 3.05) is 0 Å². The maximum Gasteiger partial charge on any atom is 0.139 e. The zero-order valence-corrected chi connectivity index (χ0v) is 14.2. The van der Waals surface area contributed by atoms with Crippen molar-refractivity contribution in [3.8, 4) is 0 Å². The lowest BCUT2D eigenvalue weighted by Crippen LogP contribution is -2.16. The van der Waals surface area contributed by atoms with E-state index in [4.69, 9.17) is 11.6 Å². The van der Waals surface area contributed by atoms with Crippen molar-refractivity contribution in [3.05, 3.63) is 28.2 Å². The van der Waals surface area contributed by atoms with Gasteiger partial charge in [0.2, 0.25) is 0 Å². The van der Waals surface area contributed by atoms with Crippen LogP contribution in [0.25, 0.3) is 11.0 Å². The summed E-state index contributed by atoms with van der Waals surface area (Å²) in [5.74, 6) is 1.46. The topological polar surface area (TPSA) is 17.8 Å². The van der Waals surface area contributed by atoms with Crippen LogP contribution in [0.1, 0.15) is 43.8 Å². The van der Waals surface area contributed by atoms with Crippen molar-refractivity contribution < 1.29 is 4.39 Å². The number of hydrogen-bond donors (Lipinski definition) is 0. The van der Waals surface area contributed by atoms with Crippen molar-refractivity contribution in [2.24, 2.45) is 11.3 Å². The Kier molecular flexibility index (Phi) is 3.13. The first-order valence-corrected chi connectivity index (χ1v) is 8.72. The fourth-order valence-electron chi connectivity index (χ4n) is 3.48. The third-order valence-corrected chi connectivity index (χ3v) is 5.79. The van der Waals surface area contributed by atoms with E-state index < -0.39 is 0 Å². The first-order chi connectivity index (χ1) is 10.00. The van der Waals surface area contributed by atoms with Gasteiger partial charge >= 0.3 is 0 Å². The minimum absolute atomic E-state index is 0.172. The molecule has 1 unspecified atom stereocenters. The molecule has 1 heterocycles. The Bertz CT molecular complexity index is 717. The zero-order valence-electron chi connectivity index (χ0n) is 11.9. The molecule has 1 atom stereocenters. The van der Waals surface area contributed by atoms with Crippen LogP contribution in [0.2, 0.25) is 0 Å². The first kappa shape index (κ1) is 14.0. The summed E-state index contributed by atoms with van der Waals surface area (Å²) in [6.45, 7) is 2.90. The van der Waals surface area contributed by atoms with Crippen LogP contribution in [-0.2, 0) is 6.54 Å². The molecule has 2 aliphatic carbocycles. The monoisotopic (exact) mass is 370 g/mol. The summed E-state index contributed by atoms with van der Waals surface area (Å²) in [6.07, 6.45) is 5.32. The molecule has 0 spiro atoms. The molecule has 1 aromatic heterocycles. The summed E-state index contributed by atoms with van der Waals surface area (Å²) in [5, 5.41) is -0.172. The Labute approximate surface area is 136 Å². The smallest absolute Gasteiger partial charge is 0.139 e. The van der Waals surface area contributed by atoms with Gasteiger partial charge < -0.3 is 4.57 Å². The third-order valence-electron chi connectivity index (χ3n) is 4.98. The second-order valence-corrected chi connectivity index (χ2v) is 8.07. The fourth-order valence-corrected chi connectivity index (χ4v) is 3.97. The van der Waals surface area contributed by atoms with Crippen LogP contribution in [0.15, 0.2) is 16.6 Å². The standard InChI is InChI=1S/C16H17BrClFN2/c1-9(18)15-20-13-7-12(19)11(17)6-14(13)21(15)8-16(4-5-16)10-2-3-10/h6-7,9-10H,2-5,8H2,1H3. The number of halogens is 3. The van der Waals surface area contributed by atoms with Crippen LogP contribution in [0.3, 0.4) is 0 Å². The van der Waals surface area contributed by atoms with Crippen LogP contribution in [-0.4, -0.2) is 9.55 Å². The van der Waals surface area contributed by atoms with E-state index in [0.29, 0.717) is 15.4 Å². The summed E-state index contributed by atoms with van der Waals surface area (Å²) in [7, 11) is 0. The third kappa shape index (κ3) is 2.31. The first-order valence-electron chi connectivity index (χ1n) is 7.49. The SMILES string of the molecule is CC(Cl)c1nc2cc(F)c(Br)cc2n1CC1(C2CC2)CC1. The molecule has 21 heavy (non-hydrogen) atoms. The van der Waals surface area contributed by atoms with E-state index in [0.717, 1.165) is 23.8 Å². The Hall–Kier alpha value is -0.610. The van der Waals surface area contributed by atoms with E-state index in [1.165, 1.54) is 31.7 Å². The maximum atomic E-state index is 13.8. The van der Waals surface area contributed by atoms with Crippen LogP contribution in [0, 0.1) is 17.2 Å². The number of rotatable bonds is 4. The zero-order chi connectivity index (χ0) is 14.8. The highest BCUT2D eigenvalue weighted by Gasteiger charge is 2.54. The van der Waals surface area contributed by atoms with Crippen molar-refractivity contribution in [3.63, 3.8) is 0 Å². The van der Waals surface area contributed by atoms with E-state index in [-0.39, 0.29) is 11.2 Å².